The summed E-state index contributed by atoms with van der Waals surface area (Å²) < 4.78 is 0. The Morgan fingerprint density at radius 2 is 1.22 bits per heavy atom. The van der Waals surface area contributed by atoms with Gasteiger partial charge in [0.05, 0.1) is 6.26 Å². The summed E-state index contributed by atoms with van der Waals surface area (Å²) in [5.74, 6) is 0. The molecule has 0 aliphatic heterocycles. The molecule has 0 amide bonds. The van der Waals surface area contributed by atoms with Crippen LogP contribution in [-0.2, 0) is 0 Å². The van der Waals surface area contributed by atoms with E-state index in [1.54, 1.807) is 6.08 Å². The quantitative estimate of drug-likeness (QED) is 0.252. The van der Waals surface area contributed by atoms with Gasteiger partial charge in [0.2, 0.25) is 0 Å². The van der Waals surface area contributed by atoms with Crippen molar-refractivity contribution < 1.29 is 5.11 Å². The Balaban J connectivity index is 3.11. The molecular formula is C17H30O. The molecule has 0 saturated heterocycles. The van der Waals surface area contributed by atoms with Crippen LogP contribution < -0.4 is 0 Å². The van der Waals surface area contributed by atoms with E-state index in [0.29, 0.717) is 0 Å². The van der Waals surface area contributed by atoms with Crippen LogP contribution in [0.25, 0.3) is 0 Å². The van der Waals surface area contributed by atoms with Crippen molar-refractivity contribution in [2.45, 2.75) is 71.1 Å². The minimum Gasteiger partial charge on any atom is -0.516 e. The van der Waals surface area contributed by atoms with Crippen molar-refractivity contribution in [3.05, 3.63) is 36.6 Å². The highest BCUT2D eigenvalue weighted by Gasteiger charge is 1.90. The maximum absolute atomic E-state index is 8.40. The zero-order valence-corrected chi connectivity index (χ0v) is 12.0. The molecule has 0 aliphatic rings. The normalized spacial score (nSPS) is 12.3. The van der Waals surface area contributed by atoms with Gasteiger partial charge in [-0.05, 0) is 18.9 Å². The lowest BCUT2D eigenvalue weighted by Gasteiger charge is -2.00. The van der Waals surface area contributed by atoms with Gasteiger partial charge < -0.3 is 5.11 Å². The molecule has 0 aromatic carbocycles. The second kappa shape index (κ2) is 16.0. The molecule has 1 heteroatoms. The molecule has 0 aromatic rings. The van der Waals surface area contributed by atoms with Crippen LogP contribution in [0.4, 0.5) is 0 Å². The van der Waals surface area contributed by atoms with E-state index in [9.17, 15) is 0 Å². The summed E-state index contributed by atoms with van der Waals surface area (Å²) in [6, 6.07) is 0. The smallest absolute Gasteiger partial charge is 0.0791 e. The third-order valence-electron chi connectivity index (χ3n) is 3.03. The van der Waals surface area contributed by atoms with Gasteiger partial charge >= 0.3 is 0 Å². The van der Waals surface area contributed by atoms with Crippen LogP contribution in [0, 0.1) is 0 Å². The average Bonchev–Trinajstić information content (AvgIpc) is 2.39. The predicted molar refractivity (Wildman–Crippen MR) is 81.9 cm³/mol. The summed E-state index contributed by atoms with van der Waals surface area (Å²) in [7, 11) is 0. The first-order chi connectivity index (χ1) is 8.91. The van der Waals surface area contributed by atoms with Gasteiger partial charge in [-0.1, -0.05) is 82.6 Å². The van der Waals surface area contributed by atoms with Crippen molar-refractivity contribution in [3.8, 4) is 0 Å². The average molecular weight is 250 g/mol. The van der Waals surface area contributed by atoms with Gasteiger partial charge in [-0.3, -0.25) is 0 Å². The van der Waals surface area contributed by atoms with Crippen LogP contribution in [-0.4, -0.2) is 5.11 Å². The fourth-order valence-corrected chi connectivity index (χ4v) is 1.93. The molecule has 1 nitrogen and oxygen atoms in total. The highest BCUT2D eigenvalue weighted by molar-refractivity contribution is 5.09. The van der Waals surface area contributed by atoms with Crippen LogP contribution in [0.3, 0.4) is 0 Å². The standard InChI is InChI=1S/C17H30O/c1-2-3-4-5-6-7-8-9-10-11-12-13-14-15-16-17-18/h12-18H,2-11H2,1H3/b13-12+,15-14+,17-16+. The number of aliphatic hydroxyl groups is 1. The molecule has 18 heavy (non-hydrogen) atoms. The molecule has 0 spiro atoms. The molecule has 0 unspecified atom stereocenters. The van der Waals surface area contributed by atoms with Crippen molar-refractivity contribution in [1.82, 2.24) is 0 Å². The first kappa shape index (κ1) is 17.0. The summed E-state index contributed by atoms with van der Waals surface area (Å²) in [6.45, 7) is 2.27. The van der Waals surface area contributed by atoms with Gasteiger partial charge in [0, 0.05) is 0 Å². The van der Waals surface area contributed by atoms with Gasteiger partial charge in [0.15, 0.2) is 0 Å². The first-order valence-corrected chi connectivity index (χ1v) is 7.54. The van der Waals surface area contributed by atoms with Crippen molar-refractivity contribution in [2.24, 2.45) is 0 Å². The van der Waals surface area contributed by atoms with Gasteiger partial charge in [0.1, 0.15) is 0 Å². The monoisotopic (exact) mass is 250 g/mol. The molecule has 0 heterocycles. The predicted octanol–water partition coefficient (Wildman–Crippen LogP) is 6.09. The molecule has 0 saturated carbocycles. The fourth-order valence-electron chi connectivity index (χ4n) is 1.93. The van der Waals surface area contributed by atoms with E-state index in [4.69, 9.17) is 5.11 Å². The lowest BCUT2D eigenvalue weighted by atomic mass is 10.1. The van der Waals surface area contributed by atoms with Crippen LogP contribution in [0.5, 0.6) is 0 Å². The van der Waals surface area contributed by atoms with Crippen LogP contribution >= 0.6 is 0 Å². The summed E-state index contributed by atoms with van der Waals surface area (Å²) in [5, 5.41) is 8.40. The molecule has 0 bridgehead atoms. The third-order valence-corrected chi connectivity index (χ3v) is 3.03. The number of rotatable bonds is 12. The second-order valence-corrected chi connectivity index (χ2v) is 4.77. The van der Waals surface area contributed by atoms with Crippen molar-refractivity contribution in [1.29, 1.82) is 0 Å². The first-order valence-electron chi connectivity index (χ1n) is 7.54. The van der Waals surface area contributed by atoms with E-state index in [0.717, 1.165) is 6.26 Å². The van der Waals surface area contributed by atoms with Gasteiger partial charge in [0.25, 0.3) is 0 Å². The molecule has 0 aromatic heterocycles. The summed E-state index contributed by atoms with van der Waals surface area (Å²) in [4.78, 5) is 0. The molecule has 1 N–H and O–H groups in total. The fraction of sp³-hybridized carbons (Fsp3) is 0.647. The minimum atomic E-state index is 1.05. The molecule has 0 atom stereocenters. The number of hydrogen-bond acceptors (Lipinski definition) is 1. The van der Waals surface area contributed by atoms with Gasteiger partial charge in [-0.2, -0.15) is 0 Å². The topological polar surface area (TPSA) is 20.2 Å². The lowest BCUT2D eigenvalue weighted by molar-refractivity contribution is 0.474. The zero-order valence-electron chi connectivity index (χ0n) is 12.0. The summed E-state index contributed by atoms with van der Waals surface area (Å²) in [5.41, 5.74) is 0. The van der Waals surface area contributed by atoms with E-state index in [2.05, 4.69) is 13.0 Å². The Kier molecular flexibility index (Phi) is 15.1. The van der Waals surface area contributed by atoms with Crippen LogP contribution in [0.15, 0.2) is 36.6 Å². The Morgan fingerprint density at radius 1 is 0.667 bits per heavy atom. The summed E-state index contributed by atoms with van der Waals surface area (Å²) >= 11 is 0. The molecule has 0 fully saturated rings. The van der Waals surface area contributed by atoms with Crippen molar-refractivity contribution >= 4 is 0 Å². The molecule has 104 valence electrons. The third kappa shape index (κ3) is 15.0. The van der Waals surface area contributed by atoms with Crippen molar-refractivity contribution in [2.75, 3.05) is 0 Å². The molecule has 0 aliphatic carbocycles. The molecular weight excluding hydrogens is 220 g/mol. The maximum Gasteiger partial charge on any atom is 0.0791 e. The highest BCUT2D eigenvalue weighted by atomic mass is 16.2. The Hall–Kier alpha value is -0.980. The SMILES string of the molecule is CCCCCCCCCCC/C=C/C=C/C=C/O. The van der Waals surface area contributed by atoms with E-state index in [1.807, 2.05) is 18.2 Å². The Labute approximate surface area is 113 Å². The van der Waals surface area contributed by atoms with E-state index in [1.165, 1.54) is 64.2 Å². The zero-order chi connectivity index (χ0) is 13.3. The maximum atomic E-state index is 8.40. The molecule has 0 radical (unpaired) electrons. The summed E-state index contributed by atoms with van der Waals surface area (Å²) in [6.07, 6.45) is 24.3. The largest absolute Gasteiger partial charge is 0.516 e. The minimum absolute atomic E-state index is 1.05. The Morgan fingerprint density at radius 3 is 1.83 bits per heavy atom. The van der Waals surface area contributed by atoms with Gasteiger partial charge in [-0.25, -0.2) is 0 Å². The second-order valence-electron chi connectivity index (χ2n) is 4.77. The number of allylic oxidation sites excluding steroid dienone is 5. The number of hydrogen-bond donors (Lipinski definition) is 1. The van der Waals surface area contributed by atoms with E-state index >= 15 is 0 Å². The van der Waals surface area contributed by atoms with Crippen LogP contribution in [0.1, 0.15) is 71.1 Å². The van der Waals surface area contributed by atoms with E-state index in [-0.39, 0.29) is 0 Å². The number of unbranched alkanes of at least 4 members (excludes halogenated alkanes) is 9. The van der Waals surface area contributed by atoms with Crippen LogP contribution in [0.2, 0.25) is 0 Å². The Bertz CT molecular complexity index is 226. The van der Waals surface area contributed by atoms with Gasteiger partial charge in [-0.15, -0.1) is 0 Å². The molecule has 0 rings (SSSR count). The number of aliphatic hydroxyl groups excluding tert-OH is 1. The van der Waals surface area contributed by atoms with Crippen molar-refractivity contribution in [3.63, 3.8) is 0 Å². The highest BCUT2D eigenvalue weighted by Crippen LogP contribution is 2.10. The lowest BCUT2D eigenvalue weighted by Crippen LogP contribution is -1.80. The van der Waals surface area contributed by atoms with E-state index < -0.39 is 0 Å².